The first kappa shape index (κ1) is 16.0. The van der Waals surface area contributed by atoms with Gasteiger partial charge >= 0.3 is 0 Å². The molecule has 0 spiro atoms. The van der Waals surface area contributed by atoms with Gasteiger partial charge in [-0.3, -0.25) is 0 Å². The number of unbranched alkanes of at least 4 members (excludes halogenated alkanes) is 1. The summed E-state index contributed by atoms with van der Waals surface area (Å²) in [4.78, 5) is 1.27. The van der Waals surface area contributed by atoms with E-state index in [1.807, 2.05) is 24.4 Å². The molecule has 0 amide bonds. The molecule has 1 aromatic rings. The maximum Gasteiger partial charge on any atom is 0.0455 e. The van der Waals surface area contributed by atoms with E-state index in [0.29, 0.717) is 5.92 Å². The molecule has 0 radical (unpaired) electrons. The highest BCUT2D eigenvalue weighted by atomic mass is 35.5. The fourth-order valence-corrected chi connectivity index (χ4v) is 3.78. The molecule has 1 heterocycles. The van der Waals surface area contributed by atoms with E-state index in [-0.39, 0.29) is 0 Å². The largest absolute Gasteiger partial charge is 0.302 e. The number of benzene rings is 1. The smallest absolute Gasteiger partial charge is 0.0455 e. The van der Waals surface area contributed by atoms with Crippen LogP contribution in [0.25, 0.3) is 0 Å². The van der Waals surface area contributed by atoms with E-state index in [1.165, 1.54) is 9.43 Å². The number of rotatable bonds is 6. The van der Waals surface area contributed by atoms with Gasteiger partial charge in [0.05, 0.1) is 0 Å². The van der Waals surface area contributed by atoms with Crippen molar-refractivity contribution in [1.82, 2.24) is 9.95 Å². The summed E-state index contributed by atoms with van der Waals surface area (Å²) in [5.41, 5.74) is 4.01. The molecule has 0 fully saturated rings. The Morgan fingerprint density at radius 1 is 1.30 bits per heavy atom. The van der Waals surface area contributed by atoms with Gasteiger partial charge in [-0.2, -0.15) is 0 Å². The minimum absolute atomic E-state index is 0.380. The molecule has 1 aliphatic heterocycles. The van der Waals surface area contributed by atoms with Gasteiger partial charge in [0.15, 0.2) is 0 Å². The lowest BCUT2D eigenvalue weighted by Gasteiger charge is -2.15. The van der Waals surface area contributed by atoms with Crippen molar-refractivity contribution in [1.29, 1.82) is 0 Å². The lowest BCUT2D eigenvalue weighted by Crippen LogP contribution is -2.30. The molecule has 3 N–H and O–H groups in total. The van der Waals surface area contributed by atoms with Crippen molar-refractivity contribution in [3.05, 3.63) is 44.9 Å². The van der Waals surface area contributed by atoms with E-state index in [1.54, 1.807) is 11.9 Å². The molecule has 0 saturated carbocycles. The Balaban J connectivity index is 1.77. The van der Waals surface area contributed by atoms with Crippen molar-refractivity contribution in [2.24, 2.45) is 5.84 Å². The van der Waals surface area contributed by atoms with Gasteiger partial charge in [-0.25, -0.2) is 5.84 Å². The maximum atomic E-state index is 6.23. The van der Waals surface area contributed by atoms with Crippen molar-refractivity contribution in [3.8, 4) is 0 Å². The average molecular weight is 332 g/mol. The van der Waals surface area contributed by atoms with Crippen molar-refractivity contribution < 1.29 is 0 Å². The minimum Gasteiger partial charge on any atom is -0.302 e. The molecule has 0 bridgehead atoms. The SMILES string of the molecule is CC(CCCCC1=CNN(N)S1)c1c(Cl)cccc1Cl. The number of allylic oxidation sites excluding steroid dienone is 1. The van der Waals surface area contributed by atoms with Crippen molar-refractivity contribution in [3.63, 3.8) is 0 Å². The van der Waals surface area contributed by atoms with Gasteiger partial charge in [0, 0.05) is 21.2 Å². The fourth-order valence-electron chi connectivity index (χ4n) is 2.31. The zero-order valence-corrected chi connectivity index (χ0v) is 13.7. The molecule has 2 rings (SSSR count). The number of hydrogen-bond donors (Lipinski definition) is 2. The van der Waals surface area contributed by atoms with Gasteiger partial charge in [-0.1, -0.05) is 47.1 Å². The summed E-state index contributed by atoms with van der Waals surface area (Å²) in [6.07, 6.45) is 6.38. The molecule has 1 aliphatic rings. The van der Waals surface area contributed by atoms with Crippen LogP contribution < -0.4 is 11.3 Å². The quantitative estimate of drug-likeness (QED) is 0.444. The van der Waals surface area contributed by atoms with E-state index in [0.717, 1.165) is 41.3 Å². The van der Waals surface area contributed by atoms with E-state index >= 15 is 0 Å². The third-order valence-corrected chi connectivity index (χ3v) is 4.89. The Morgan fingerprint density at radius 3 is 2.60 bits per heavy atom. The summed E-state index contributed by atoms with van der Waals surface area (Å²) in [6, 6.07) is 5.69. The molecule has 1 atom stereocenters. The van der Waals surface area contributed by atoms with E-state index in [9.17, 15) is 0 Å². The second-order valence-electron chi connectivity index (χ2n) is 4.94. The molecule has 1 unspecified atom stereocenters. The topological polar surface area (TPSA) is 41.3 Å². The summed E-state index contributed by atoms with van der Waals surface area (Å²) in [5, 5.41) is 1.53. The van der Waals surface area contributed by atoms with E-state index < -0.39 is 0 Å². The first-order valence-corrected chi connectivity index (χ1v) is 8.22. The van der Waals surface area contributed by atoms with Crippen LogP contribution in [0.4, 0.5) is 0 Å². The Hall–Kier alpha value is -0.390. The number of hydrazine groups is 2. The summed E-state index contributed by atoms with van der Waals surface area (Å²) in [5.74, 6) is 5.97. The van der Waals surface area contributed by atoms with E-state index in [2.05, 4.69) is 12.3 Å². The number of nitrogens with zero attached hydrogens (tertiary/aromatic N) is 1. The molecule has 0 saturated heterocycles. The number of nitrogens with one attached hydrogen (secondary N) is 1. The highest BCUT2D eigenvalue weighted by molar-refractivity contribution is 8.00. The van der Waals surface area contributed by atoms with Crippen LogP contribution in [0.5, 0.6) is 0 Å². The molecule has 0 aromatic heterocycles. The van der Waals surface area contributed by atoms with Crippen LogP contribution in [0.3, 0.4) is 0 Å². The molecular formula is C14H19Cl2N3S. The Morgan fingerprint density at radius 2 is 2.00 bits per heavy atom. The second-order valence-corrected chi connectivity index (χ2v) is 6.85. The Kier molecular flexibility index (Phi) is 6.05. The monoisotopic (exact) mass is 331 g/mol. The first-order chi connectivity index (χ1) is 9.58. The first-order valence-electron chi connectivity index (χ1n) is 6.70. The minimum atomic E-state index is 0.380. The van der Waals surface area contributed by atoms with Gasteiger partial charge < -0.3 is 5.43 Å². The van der Waals surface area contributed by atoms with Crippen molar-refractivity contribution >= 4 is 35.1 Å². The number of hydrogen-bond acceptors (Lipinski definition) is 4. The molecule has 3 nitrogen and oxygen atoms in total. The average Bonchev–Trinajstić information content (AvgIpc) is 2.80. The van der Waals surface area contributed by atoms with Gasteiger partial charge in [-0.15, -0.1) is 0 Å². The van der Waals surface area contributed by atoms with E-state index in [4.69, 9.17) is 29.0 Å². The van der Waals surface area contributed by atoms with Crippen LogP contribution in [0.2, 0.25) is 10.0 Å². The van der Waals surface area contributed by atoms with Crippen LogP contribution in [-0.2, 0) is 0 Å². The maximum absolute atomic E-state index is 6.23. The zero-order valence-electron chi connectivity index (χ0n) is 11.4. The standard InChI is InChI=1S/C14H19Cl2N3S/c1-10(14-12(15)7-4-8-13(14)16)5-2-3-6-11-9-18-19(17)20-11/h4,7-10,18H,2-3,5-6,17H2,1H3. The summed E-state index contributed by atoms with van der Waals surface area (Å²) < 4.78 is 1.52. The number of halogens is 2. The zero-order chi connectivity index (χ0) is 14.5. The van der Waals surface area contributed by atoms with Crippen molar-refractivity contribution in [2.45, 2.75) is 38.5 Å². The normalized spacial score (nSPS) is 16.9. The Bertz CT molecular complexity index is 473. The molecule has 110 valence electrons. The summed E-state index contributed by atoms with van der Waals surface area (Å²) in [7, 11) is 0. The highest BCUT2D eigenvalue weighted by Gasteiger charge is 2.14. The van der Waals surface area contributed by atoms with Crippen LogP contribution in [-0.4, -0.2) is 4.52 Å². The number of nitrogens with two attached hydrogens (primary N) is 1. The van der Waals surface area contributed by atoms with Crippen LogP contribution in [0.1, 0.15) is 44.1 Å². The third-order valence-electron chi connectivity index (χ3n) is 3.37. The molecule has 1 aromatic carbocycles. The Labute approximate surface area is 134 Å². The fraction of sp³-hybridized carbons (Fsp3) is 0.429. The predicted octanol–water partition coefficient (Wildman–Crippen LogP) is 4.84. The highest BCUT2D eigenvalue weighted by Crippen LogP contribution is 2.34. The van der Waals surface area contributed by atoms with Crippen LogP contribution in [0.15, 0.2) is 29.3 Å². The van der Waals surface area contributed by atoms with Gasteiger partial charge in [-0.05, 0) is 54.8 Å². The van der Waals surface area contributed by atoms with Crippen molar-refractivity contribution in [2.75, 3.05) is 0 Å². The lowest BCUT2D eigenvalue weighted by molar-refractivity contribution is 0.440. The van der Waals surface area contributed by atoms with Crippen LogP contribution in [0, 0.1) is 0 Å². The van der Waals surface area contributed by atoms with Gasteiger partial charge in [0.2, 0.25) is 0 Å². The lowest BCUT2D eigenvalue weighted by atomic mass is 9.95. The molecule has 0 aliphatic carbocycles. The van der Waals surface area contributed by atoms with Gasteiger partial charge in [0.1, 0.15) is 0 Å². The van der Waals surface area contributed by atoms with Gasteiger partial charge in [0.25, 0.3) is 0 Å². The second kappa shape index (κ2) is 7.57. The molecule has 6 heteroatoms. The third kappa shape index (κ3) is 4.30. The van der Waals surface area contributed by atoms with Crippen LogP contribution >= 0.6 is 35.1 Å². The predicted molar refractivity (Wildman–Crippen MR) is 88.2 cm³/mol. The summed E-state index contributed by atoms with van der Waals surface area (Å²) in [6.45, 7) is 2.18. The molecular weight excluding hydrogens is 313 g/mol. The molecule has 20 heavy (non-hydrogen) atoms. The summed E-state index contributed by atoms with van der Waals surface area (Å²) >= 11 is 14.0.